The van der Waals surface area contributed by atoms with Gasteiger partial charge in [-0.15, -0.1) is 11.3 Å². The van der Waals surface area contributed by atoms with E-state index in [1.54, 1.807) is 6.07 Å². The number of hydrogen-bond donors (Lipinski definition) is 2. The molecular formula is C13H13NO2S. The van der Waals surface area contributed by atoms with Gasteiger partial charge < -0.3 is 10.8 Å². The molecule has 3 N–H and O–H groups in total. The highest BCUT2D eigenvalue weighted by atomic mass is 32.1. The van der Waals surface area contributed by atoms with Gasteiger partial charge in [-0.05, 0) is 31.0 Å². The Morgan fingerprint density at radius 2 is 2.00 bits per heavy atom. The summed E-state index contributed by atoms with van der Waals surface area (Å²) in [5.74, 6) is -0.969. The number of nitrogens with two attached hydrogens (primary N) is 1. The highest BCUT2D eigenvalue weighted by Gasteiger charge is 2.14. The van der Waals surface area contributed by atoms with E-state index in [4.69, 9.17) is 10.8 Å². The van der Waals surface area contributed by atoms with Crippen LogP contribution in [-0.2, 0) is 0 Å². The Kier molecular flexibility index (Phi) is 2.90. The van der Waals surface area contributed by atoms with Gasteiger partial charge in [0, 0.05) is 4.88 Å². The Labute approximate surface area is 104 Å². The molecule has 1 heterocycles. The average molecular weight is 247 g/mol. The van der Waals surface area contributed by atoms with Crippen LogP contribution in [0.4, 0.5) is 5.69 Å². The third-order valence-electron chi connectivity index (χ3n) is 2.60. The number of thiophene rings is 1. The molecule has 17 heavy (non-hydrogen) atoms. The van der Waals surface area contributed by atoms with Crippen molar-refractivity contribution >= 4 is 23.0 Å². The first-order chi connectivity index (χ1) is 7.99. The van der Waals surface area contributed by atoms with Crippen molar-refractivity contribution in [1.82, 2.24) is 0 Å². The first kappa shape index (κ1) is 11.7. The summed E-state index contributed by atoms with van der Waals surface area (Å²) >= 11 is 1.22. The maximum Gasteiger partial charge on any atom is 0.348 e. The van der Waals surface area contributed by atoms with Gasteiger partial charge in [-0.1, -0.05) is 23.8 Å². The Morgan fingerprint density at radius 3 is 2.53 bits per heavy atom. The molecule has 88 valence electrons. The molecule has 0 aliphatic heterocycles. The first-order valence-corrected chi connectivity index (χ1v) is 6.01. The standard InChI is InChI=1S/C13H13NO2S/c1-7-3-4-9(8(2)5-7)11-6-10(14)12(17-11)13(15)16/h3-6H,14H2,1-2H3,(H,15,16). The molecule has 2 rings (SSSR count). The van der Waals surface area contributed by atoms with Gasteiger partial charge >= 0.3 is 5.97 Å². The van der Waals surface area contributed by atoms with Gasteiger partial charge in [-0.2, -0.15) is 0 Å². The number of carboxylic acids is 1. The van der Waals surface area contributed by atoms with Crippen molar-refractivity contribution in [2.75, 3.05) is 5.73 Å². The molecule has 0 aliphatic rings. The molecule has 0 unspecified atom stereocenters. The topological polar surface area (TPSA) is 63.3 Å². The Bertz CT molecular complexity index is 587. The maximum absolute atomic E-state index is 10.9. The van der Waals surface area contributed by atoms with Gasteiger partial charge in [0.25, 0.3) is 0 Å². The lowest BCUT2D eigenvalue weighted by atomic mass is 10.0. The molecule has 0 radical (unpaired) electrons. The van der Waals surface area contributed by atoms with Gasteiger partial charge in [0.15, 0.2) is 0 Å². The van der Waals surface area contributed by atoms with E-state index in [2.05, 4.69) is 6.07 Å². The molecule has 0 fully saturated rings. The maximum atomic E-state index is 10.9. The summed E-state index contributed by atoms with van der Waals surface area (Å²) in [5.41, 5.74) is 9.38. The van der Waals surface area contributed by atoms with Crippen LogP contribution in [0.15, 0.2) is 24.3 Å². The summed E-state index contributed by atoms with van der Waals surface area (Å²) in [5, 5.41) is 8.97. The predicted octanol–water partition coefficient (Wildman–Crippen LogP) is 3.31. The van der Waals surface area contributed by atoms with Crippen LogP contribution in [0.1, 0.15) is 20.8 Å². The minimum absolute atomic E-state index is 0.208. The first-order valence-electron chi connectivity index (χ1n) is 5.19. The summed E-state index contributed by atoms with van der Waals surface area (Å²) in [4.78, 5) is 12.0. The lowest BCUT2D eigenvalue weighted by Gasteiger charge is -2.03. The van der Waals surface area contributed by atoms with Crippen molar-refractivity contribution in [3.8, 4) is 10.4 Å². The zero-order chi connectivity index (χ0) is 12.6. The number of nitrogen functional groups attached to an aromatic ring is 1. The minimum Gasteiger partial charge on any atom is -0.477 e. The Balaban J connectivity index is 2.53. The smallest absolute Gasteiger partial charge is 0.348 e. The highest BCUT2D eigenvalue weighted by molar-refractivity contribution is 7.18. The molecule has 0 bridgehead atoms. The molecule has 0 saturated carbocycles. The van der Waals surface area contributed by atoms with E-state index in [0.717, 1.165) is 16.0 Å². The van der Waals surface area contributed by atoms with Crippen LogP contribution in [0.25, 0.3) is 10.4 Å². The number of carboxylic acid groups (broad SMARTS) is 1. The Morgan fingerprint density at radius 1 is 1.29 bits per heavy atom. The normalized spacial score (nSPS) is 10.5. The molecule has 1 aromatic carbocycles. The quantitative estimate of drug-likeness (QED) is 0.855. The van der Waals surface area contributed by atoms with E-state index in [-0.39, 0.29) is 4.88 Å². The summed E-state index contributed by atoms with van der Waals surface area (Å²) in [7, 11) is 0. The lowest BCUT2D eigenvalue weighted by Crippen LogP contribution is -1.96. The van der Waals surface area contributed by atoms with E-state index in [0.29, 0.717) is 5.69 Å². The fraction of sp³-hybridized carbons (Fsp3) is 0.154. The molecule has 3 nitrogen and oxygen atoms in total. The molecule has 2 aromatic rings. The molecule has 4 heteroatoms. The van der Waals surface area contributed by atoms with E-state index in [1.165, 1.54) is 16.9 Å². The molecular weight excluding hydrogens is 234 g/mol. The summed E-state index contributed by atoms with van der Waals surface area (Å²) < 4.78 is 0. The van der Waals surface area contributed by atoms with Crippen molar-refractivity contribution in [2.24, 2.45) is 0 Å². The van der Waals surface area contributed by atoms with E-state index in [9.17, 15) is 4.79 Å². The second-order valence-electron chi connectivity index (χ2n) is 4.02. The molecule has 0 spiro atoms. The van der Waals surface area contributed by atoms with E-state index >= 15 is 0 Å². The van der Waals surface area contributed by atoms with Gasteiger partial charge in [0.05, 0.1) is 5.69 Å². The number of rotatable bonds is 2. The van der Waals surface area contributed by atoms with Gasteiger partial charge in [0.2, 0.25) is 0 Å². The largest absolute Gasteiger partial charge is 0.477 e. The third kappa shape index (κ3) is 2.17. The molecule has 0 atom stereocenters. The zero-order valence-corrected chi connectivity index (χ0v) is 10.5. The fourth-order valence-corrected chi connectivity index (χ4v) is 2.80. The number of anilines is 1. The van der Waals surface area contributed by atoms with Crippen molar-refractivity contribution in [1.29, 1.82) is 0 Å². The van der Waals surface area contributed by atoms with Crippen LogP contribution < -0.4 is 5.73 Å². The summed E-state index contributed by atoms with van der Waals surface area (Å²) in [6.45, 7) is 4.04. The number of carbonyl (C=O) groups is 1. The van der Waals surface area contributed by atoms with Crippen LogP contribution in [0.3, 0.4) is 0 Å². The summed E-state index contributed by atoms with van der Waals surface area (Å²) in [6, 6.07) is 7.82. The van der Waals surface area contributed by atoms with Gasteiger partial charge in [-0.3, -0.25) is 0 Å². The van der Waals surface area contributed by atoms with Gasteiger partial charge in [0.1, 0.15) is 4.88 Å². The van der Waals surface area contributed by atoms with Crippen molar-refractivity contribution in [3.05, 3.63) is 40.3 Å². The van der Waals surface area contributed by atoms with E-state index in [1.807, 2.05) is 26.0 Å². The SMILES string of the molecule is Cc1ccc(-c2cc(N)c(C(=O)O)s2)c(C)c1. The van der Waals surface area contributed by atoms with Crippen LogP contribution in [0.2, 0.25) is 0 Å². The van der Waals surface area contributed by atoms with E-state index < -0.39 is 5.97 Å². The molecule has 1 aromatic heterocycles. The predicted molar refractivity (Wildman–Crippen MR) is 70.6 cm³/mol. The van der Waals surface area contributed by atoms with Crippen molar-refractivity contribution in [2.45, 2.75) is 13.8 Å². The minimum atomic E-state index is -0.969. The number of aryl methyl sites for hydroxylation is 2. The monoisotopic (exact) mass is 247 g/mol. The molecule has 0 saturated heterocycles. The highest BCUT2D eigenvalue weighted by Crippen LogP contribution is 2.35. The third-order valence-corrected chi connectivity index (χ3v) is 3.77. The number of benzene rings is 1. The molecule has 0 aliphatic carbocycles. The van der Waals surface area contributed by atoms with Crippen LogP contribution in [0, 0.1) is 13.8 Å². The fourth-order valence-electron chi connectivity index (χ4n) is 1.80. The Hall–Kier alpha value is -1.81. The number of aromatic carboxylic acids is 1. The van der Waals surface area contributed by atoms with Gasteiger partial charge in [-0.25, -0.2) is 4.79 Å². The van der Waals surface area contributed by atoms with Crippen LogP contribution in [0.5, 0.6) is 0 Å². The second kappa shape index (κ2) is 4.22. The average Bonchev–Trinajstić information content (AvgIpc) is 2.60. The second-order valence-corrected chi connectivity index (χ2v) is 5.07. The summed E-state index contributed by atoms with van der Waals surface area (Å²) in [6.07, 6.45) is 0. The zero-order valence-electron chi connectivity index (χ0n) is 9.65. The number of hydrogen-bond acceptors (Lipinski definition) is 3. The van der Waals surface area contributed by atoms with Crippen LogP contribution >= 0.6 is 11.3 Å². The van der Waals surface area contributed by atoms with Crippen molar-refractivity contribution in [3.63, 3.8) is 0 Å². The van der Waals surface area contributed by atoms with Crippen LogP contribution in [-0.4, -0.2) is 11.1 Å². The molecule has 0 amide bonds. The van der Waals surface area contributed by atoms with Crippen molar-refractivity contribution < 1.29 is 9.90 Å². The lowest BCUT2D eigenvalue weighted by molar-refractivity contribution is 0.0703.